The van der Waals surface area contributed by atoms with E-state index in [1.807, 2.05) is 6.92 Å². The molecule has 2 bridgehead atoms. The van der Waals surface area contributed by atoms with Crippen LogP contribution in [-0.2, 0) is 16.8 Å². The largest absolute Gasteiger partial charge is 0.497 e. The molecule has 0 amide bonds. The molecule has 0 saturated heterocycles. The highest BCUT2D eigenvalue weighted by Crippen LogP contribution is 2.57. The Balaban J connectivity index is 1.69. The number of ether oxygens (including phenoxy) is 1. The van der Waals surface area contributed by atoms with E-state index >= 15 is 0 Å². The maximum atomic E-state index is 13.4. The number of hydrogen-bond donors (Lipinski definition) is 2. The highest BCUT2D eigenvalue weighted by atomic mass is 16.5. The molecule has 0 unspecified atom stereocenters. The zero-order valence-corrected chi connectivity index (χ0v) is 18.9. The molecule has 0 radical (unpaired) electrons. The van der Waals surface area contributed by atoms with Crippen LogP contribution in [0.3, 0.4) is 0 Å². The maximum absolute atomic E-state index is 13.4. The quantitative estimate of drug-likeness (QED) is 0.593. The number of fused-ring (bicyclic) bond motifs is 4. The molecule has 3 fully saturated rings. The van der Waals surface area contributed by atoms with Crippen LogP contribution in [0.25, 0.3) is 16.9 Å². The first-order valence-electron chi connectivity index (χ1n) is 11.5. The van der Waals surface area contributed by atoms with Crippen molar-refractivity contribution in [2.24, 2.45) is 5.41 Å². The van der Waals surface area contributed by atoms with Gasteiger partial charge in [-0.25, -0.2) is 14.3 Å². The monoisotopic (exact) mass is 452 g/mol. The Kier molecular flexibility index (Phi) is 4.95. The average molecular weight is 453 g/mol. The van der Waals surface area contributed by atoms with Crippen LogP contribution in [0, 0.1) is 5.41 Å². The molecule has 0 atom stereocenters. The Labute approximate surface area is 190 Å². The predicted octanol–water partition coefficient (Wildman–Crippen LogP) is 2.97. The lowest BCUT2D eigenvalue weighted by Crippen LogP contribution is -2.48. The van der Waals surface area contributed by atoms with Crippen LogP contribution in [0.1, 0.15) is 57.7 Å². The molecule has 33 heavy (non-hydrogen) atoms. The third kappa shape index (κ3) is 3.13. The van der Waals surface area contributed by atoms with Crippen molar-refractivity contribution < 1.29 is 14.6 Å². The molecule has 1 aromatic carbocycles. The van der Waals surface area contributed by atoms with E-state index in [4.69, 9.17) is 9.72 Å². The molecule has 3 aromatic rings. The van der Waals surface area contributed by atoms with Crippen LogP contribution in [0.5, 0.6) is 5.75 Å². The van der Waals surface area contributed by atoms with E-state index in [9.17, 15) is 19.5 Å². The van der Waals surface area contributed by atoms with Crippen LogP contribution >= 0.6 is 0 Å². The summed E-state index contributed by atoms with van der Waals surface area (Å²) in [6.45, 7) is 2.23. The predicted molar refractivity (Wildman–Crippen MR) is 122 cm³/mol. The number of aromatic amines is 1. The Hall–Kier alpha value is -3.36. The number of hydrogen-bond acceptors (Lipinski definition) is 5. The lowest BCUT2D eigenvalue weighted by molar-refractivity contribution is -0.156. The van der Waals surface area contributed by atoms with Crippen molar-refractivity contribution in [3.8, 4) is 11.4 Å². The molecule has 9 nitrogen and oxygen atoms in total. The summed E-state index contributed by atoms with van der Waals surface area (Å²) in [7, 11) is 1.58. The second kappa shape index (κ2) is 7.60. The summed E-state index contributed by atoms with van der Waals surface area (Å²) in [4.78, 5) is 46.6. The van der Waals surface area contributed by atoms with E-state index in [0.717, 1.165) is 0 Å². The standard InChI is InChI=1S/C24H28N4O5/c1-3-14-27-19(29)17-18(28(22(27)32)15-4-6-16(33-2)7-5-15)26-20(25-17)23-8-11-24(12-9-23,13-10-23)21(30)31/h4-7H,3,8-14H2,1-2H3,(H,25,26)(H,30,31). The smallest absolute Gasteiger partial charge is 0.337 e. The second-order valence-electron chi connectivity index (χ2n) is 9.42. The third-order valence-corrected chi connectivity index (χ3v) is 7.76. The first-order chi connectivity index (χ1) is 15.8. The van der Waals surface area contributed by atoms with Crippen LogP contribution in [0.4, 0.5) is 0 Å². The first kappa shape index (κ1) is 21.5. The van der Waals surface area contributed by atoms with Gasteiger partial charge in [-0.15, -0.1) is 0 Å². The van der Waals surface area contributed by atoms with Crippen LogP contribution in [-0.4, -0.2) is 37.3 Å². The number of carbonyl (C=O) groups is 1. The molecule has 3 saturated carbocycles. The fraction of sp³-hybridized carbons (Fsp3) is 0.500. The number of carboxylic acid groups (broad SMARTS) is 1. The van der Waals surface area contributed by atoms with Gasteiger partial charge < -0.3 is 14.8 Å². The van der Waals surface area contributed by atoms with Crippen molar-refractivity contribution in [2.45, 2.75) is 63.8 Å². The molecule has 2 heterocycles. The molecular weight excluding hydrogens is 424 g/mol. The van der Waals surface area contributed by atoms with Gasteiger partial charge in [0.1, 0.15) is 11.6 Å². The Bertz CT molecular complexity index is 1320. The van der Waals surface area contributed by atoms with E-state index < -0.39 is 17.1 Å². The summed E-state index contributed by atoms with van der Waals surface area (Å²) in [5, 5.41) is 9.72. The molecule has 2 N–H and O–H groups in total. The molecule has 3 aliphatic rings. The van der Waals surface area contributed by atoms with E-state index in [-0.39, 0.29) is 11.0 Å². The molecular formula is C24H28N4O5. The average Bonchev–Trinajstić information content (AvgIpc) is 3.29. The first-order valence-corrected chi connectivity index (χ1v) is 11.5. The number of H-pyrrole nitrogens is 1. The Morgan fingerprint density at radius 1 is 1.12 bits per heavy atom. The normalized spacial score (nSPS) is 24.3. The van der Waals surface area contributed by atoms with E-state index in [1.54, 1.807) is 31.4 Å². The van der Waals surface area contributed by atoms with Crippen molar-refractivity contribution in [2.75, 3.05) is 7.11 Å². The lowest BCUT2D eigenvalue weighted by Gasteiger charge is -2.50. The van der Waals surface area contributed by atoms with Gasteiger partial charge >= 0.3 is 11.7 Å². The van der Waals surface area contributed by atoms with Crippen molar-refractivity contribution in [3.63, 3.8) is 0 Å². The molecule has 6 rings (SSSR count). The molecule has 0 spiro atoms. The number of benzene rings is 1. The number of rotatable bonds is 6. The number of nitrogens with zero attached hydrogens (tertiary/aromatic N) is 3. The minimum Gasteiger partial charge on any atom is -0.497 e. The van der Waals surface area contributed by atoms with Crippen molar-refractivity contribution in [1.82, 2.24) is 19.1 Å². The topological polar surface area (TPSA) is 119 Å². The van der Waals surface area contributed by atoms with Crippen molar-refractivity contribution >= 4 is 17.1 Å². The number of methoxy groups -OCH3 is 1. The van der Waals surface area contributed by atoms with Crippen molar-refractivity contribution in [1.29, 1.82) is 0 Å². The summed E-state index contributed by atoms with van der Waals surface area (Å²) < 4.78 is 7.97. The number of aromatic nitrogens is 4. The summed E-state index contributed by atoms with van der Waals surface area (Å²) in [6, 6.07) is 7.08. The van der Waals surface area contributed by atoms with Gasteiger partial charge in [0.2, 0.25) is 0 Å². The lowest BCUT2D eigenvalue weighted by atomic mass is 9.53. The van der Waals surface area contributed by atoms with Gasteiger partial charge in [-0.05, 0) is 69.2 Å². The molecule has 3 aliphatic carbocycles. The number of carboxylic acids is 1. The molecule has 0 aliphatic heterocycles. The van der Waals surface area contributed by atoms with Gasteiger partial charge in [0.05, 0.1) is 18.2 Å². The van der Waals surface area contributed by atoms with Gasteiger partial charge in [0.25, 0.3) is 5.56 Å². The fourth-order valence-corrected chi connectivity index (χ4v) is 5.61. The van der Waals surface area contributed by atoms with E-state index in [0.29, 0.717) is 79.9 Å². The molecule has 174 valence electrons. The van der Waals surface area contributed by atoms with Gasteiger partial charge in [0.15, 0.2) is 11.2 Å². The second-order valence-corrected chi connectivity index (χ2v) is 9.42. The van der Waals surface area contributed by atoms with Gasteiger partial charge in [-0.2, -0.15) is 0 Å². The zero-order valence-electron chi connectivity index (χ0n) is 18.9. The van der Waals surface area contributed by atoms with Gasteiger partial charge in [0, 0.05) is 12.0 Å². The minimum absolute atomic E-state index is 0.293. The van der Waals surface area contributed by atoms with E-state index in [2.05, 4.69) is 4.98 Å². The molecule has 9 heteroatoms. The Morgan fingerprint density at radius 2 is 1.76 bits per heavy atom. The third-order valence-electron chi connectivity index (χ3n) is 7.76. The number of imidazole rings is 1. The summed E-state index contributed by atoms with van der Waals surface area (Å²) >= 11 is 0. The highest BCUT2D eigenvalue weighted by Gasteiger charge is 2.54. The maximum Gasteiger partial charge on any atom is 0.337 e. The number of aliphatic carboxylic acids is 1. The Morgan fingerprint density at radius 3 is 2.30 bits per heavy atom. The van der Waals surface area contributed by atoms with Gasteiger partial charge in [-0.1, -0.05) is 6.92 Å². The van der Waals surface area contributed by atoms with Crippen LogP contribution < -0.4 is 16.0 Å². The van der Waals surface area contributed by atoms with Crippen LogP contribution in [0.15, 0.2) is 33.9 Å². The SMILES string of the molecule is CCCn1c(=O)c2[nH]c(C34CCC(C(=O)O)(CC3)CC4)nc2n(-c2ccc(OC)cc2)c1=O. The zero-order chi connectivity index (χ0) is 23.4. The summed E-state index contributed by atoms with van der Waals surface area (Å²) in [6.07, 6.45) is 4.56. The summed E-state index contributed by atoms with van der Waals surface area (Å²) in [5.74, 6) is 0.637. The van der Waals surface area contributed by atoms with E-state index in [1.165, 1.54) is 9.13 Å². The van der Waals surface area contributed by atoms with Crippen molar-refractivity contribution in [3.05, 3.63) is 50.9 Å². The van der Waals surface area contributed by atoms with Crippen LogP contribution in [0.2, 0.25) is 0 Å². The minimum atomic E-state index is -0.712. The fourth-order valence-electron chi connectivity index (χ4n) is 5.61. The number of nitrogens with one attached hydrogen (secondary N) is 1. The van der Waals surface area contributed by atoms with Gasteiger partial charge in [-0.3, -0.25) is 14.2 Å². The molecule has 2 aromatic heterocycles. The highest BCUT2D eigenvalue weighted by molar-refractivity contribution is 5.76. The summed E-state index contributed by atoms with van der Waals surface area (Å²) in [5.41, 5.74) is -0.499.